The van der Waals surface area contributed by atoms with Gasteiger partial charge in [0.25, 0.3) is 5.91 Å². The van der Waals surface area contributed by atoms with E-state index in [0.29, 0.717) is 31.3 Å². The van der Waals surface area contributed by atoms with Crippen molar-refractivity contribution >= 4 is 17.2 Å². The first-order valence-corrected chi connectivity index (χ1v) is 8.00. The van der Waals surface area contributed by atoms with Crippen molar-refractivity contribution in [3.63, 3.8) is 0 Å². The second-order valence-corrected chi connectivity index (χ2v) is 5.89. The van der Waals surface area contributed by atoms with Crippen LogP contribution in [0.25, 0.3) is 0 Å². The van der Waals surface area contributed by atoms with E-state index in [1.54, 1.807) is 5.38 Å². The first-order chi connectivity index (χ1) is 9.58. The normalized spacial score (nSPS) is 12.7. The monoisotopic (exact) mass is 299 g/mol. The van der Waals surface area contributed by atoms with E-state index in [1.165, 1.54) is 11.3 Å². The standard InChI is InChI=1S/C14H25N3O2S/c1-4-19-12(10(2)3)6-8-16-14(18)11-9-20-13(17-11)5-7-15/h9-10,12H,4-8,15H2,1-3H3,(H,16,18). The van der Waals surface area contributed by atoms with E-state index in [4.69, 9.17) is 10.5 Å². The number of nitrogens with one attached hydrogen (secondary N) is 1. The van der Waals surface area contributed by atoms with Crippen LogP contribution in [0.4, 0.5) is 0 Å². The fourth-order valence-corrected chi connectivity index (χ4v) is 2.69. The van der Waals surface area contributed by atoms with E-state index in [2.05, 4.69) is 24.1 Å². The Labute approximate surface area is 124 Å². The van der Waals surface area contributed by atoms with E-state index in [-0.39, 0.29) is 12.0 Å². The fraction of sp³-hybridized carbons (Fsp3) is 0.714. The van der Waals surface area contributed by atoms with Gasteiger partial charge in [-0.05, 0) is 25.8 Å². The Kier molecular flexibility index (Phi) is 7.72. The van der Waals surface area contributed by atoms with Crippen molar-refractivity contribution in [1.29, 1.82) is 0 Å². The third-order valence-corrected chi connectivity index (χ3v) is 3.89. The van der Waals surface area contributed by atoms with Gasteiger partial charge in [-0.3, -0.25) is 4.79 Å². The molecule has 6 heteroatoms. The summed E-state index contributed by atoms with van der Waals surface area (Å²) in [6, 6.07) is 0. The summed E-state index contributed by atoms with van der Waals surface area (Å²) in [5, 5.41) is 5.58. The summed E-state index contributed by atoms with van der Waals surface area (Å²) >= 11 is 1.48. The molecule has 0 aliphatic heterocycles. The molecule has 0 spiro atoms. The molecule has 0 fully saturated rings. The molecule has 0 saturated heterocycles. The molecule has 5 nitrogen and oxygen atoms in total. The summed E-state index contributed by atoms with van der Waals surface area (Å²) in [6.07, 6.45) is 1.72. The number of carbonyl (C=O) groups excluding carboxylic acids is 1. The molecule has 114 valence electrons. The van der Waals surface area contributed by atoms with Crippen molar-refractivity contribution in [3.05, 3.63) is 16.1 Å². The van der Waals surface area contributed by atoms with Gasteiger partial charge in [0, 0.05) is 25.0 Å². The maximum absolute atomic E-state index is 11.9. The molecule has 0 bridgehead atoms. The van der Waals surface area contributed by atoms with E-state index in [9.17, 15) is 4.79 Å². The number of nitrogens with zero attached hydrogens (tertiary/aromatic N) is 1. The number of thiazole rings is 1. The molecule has 0 aromatic carbocycles. The summed E-state index contributed by atoms with van der Waals surface area (Å²) in [5.41, 5.74) is 5.95. The van der Waals surface area contributed by atoms with E-state index < -0.39 is 0 Å². The molecule has 1 aromatic rings. The van der Waals surface area contributed by atoms with Crippen LogP contribution in [0.2, 0.25) is 0 Å². The zero-order chi connectivity index (χ0) is 15.0. The number of nitrogens with two attached hydrogens (primary N) is 1. The lowest BCUT2D eigenvalue weighted by molar-refractivity contribution is 0.0251. The van der Waals surface area contributed by atoms with E-state index in [0.717, 1.165) is 17.8 Å². The van der Waals surface area contributed by atoms with Gasteiger partial charge in [0.2, 0.25) is 0 Å². The molecule has 1 rings (SSSR count). The second-order valence-electron chi connectivity index (χ2n) is 4.95. The van der Waals surface area contributed by atoms with Crippen molar-refractivity contribution < 1.29 is 9.53 Å². The molecule has 0 aliphatic carbocycles. The van der Waals surface area contributed by atoms with Crippen molar-refractivity contribution in [2.75, 3.05) is 19.7 Å². The highest BCUT2D eigenvalue weighted by Crippen LogP contribution is 2.11. The van der Waals surface area contributed by atoms with Crippen molar-refractivity contribution in [2.45, 2.75) is 39.7 Å². The Morgan fingerprint density at radius 2 is 2.30 bits per heavy atom. The molecule has 1 atom stereocenters. The van der Waals surface area contributed by atoms with Crippen LogP contribution in [0, 0.1) is 5.92 Å². The van der Waals surface area contributed by atoms with Crippen LogP contribution in [-0.4, -0.2) is 36.7 Å². The molecular weight excluding hydrogens is 274 g/mol. The largest absolute Gasteiger partial charge is 0.378 e. The van der Waals surface area contributed by atoms with Crippen LogP contribution in [0.15, 0.2) is 5.38 Å². The Bertz CT molecular complexity index is 407. The summed E-state index contributed by atoms with van der Waals surface area (Å²) in [7, 11) is 0. The molecule has 3 N–H and O–H groups in total. The number of hydrogen-bond donors (Lipinski definition) is 2. The van der Waals surface area contributed by atoms with Gasteiger partial charge in [0.1, 0.15) is 5.69 Å². The number of aromatic nitrogens is 1. The number of hydrogen-bond acceptors (Lipinski definition) is 5. The average molecular weight is 299 g/mol. The summed E-state index contributed by atoms with van der Waals surface area (Å²) in [5.74, 6) is 0.325. The second kappa shape index (κ2) is 9.05. The predicted octanol–water partition coefficient (Wildman–Crippen LogP) is 1.83. The first-order valence-electron chi connectivity index (χ1n) is 7.12. The van der Waals surface area contributed by atoms with Gasteiger partial charge < -0.3 is 15.8 Å². The summed E-state index contributed by atoms with van der Waals surface area (Å²) in [4.78, 5) is 16.2. The van der Waals surface area contributed by atoms with Crippen molar-refractivity contribution in [3.8, 4) is 0 Å². The van der Waals surface area contributed by atoms with Gasteiger partial charge in [0.15, 0.2) is 0 Å². The van der Waals surface area contributed by atoms with Crippen LogP contribution >= 0.6 is 11.3 Å². The minimum Gasteiger partial charge on any atom is -0.378 e. The van der Waals surface area contributed by atoms with Crippen LogP contribution in [0.3, 0.4) is 0 Å². The van der Waals surface area contributed by atoms with Gasteiger partial charge in [-0.25, -0.2) is 4.98 Å². The lowest BCUT2D eigenvalue weighted by Gasteiger charge is -2.20. The highest BCUT2D eigenvalue weighted by atomic mass is 32.1. The third kappa shape index (κ3) is 5.56. The first kappa shape index (κ1) is 17.1. The Morgan fingerprint density at radius 3 is 2.90 bits per heavy atom. The minimum absolute atomic E-state index is 0.122. The SMILES string of the molecule is CCOC(CCNC(=O)c1csc(CCN)n1)C(C)C. The third-order valence-electron chi connectivity index (χ3n) is 2.98. The van der Waals surface area contributed by atoms with Crippen molar-refractivity contribution in [2.24, 2.45) is 11.7 Å². The Morgan fingerprint density at radius 1 is 1.55 bits per heavy atom. The Hall–Kier alpha value is -0.980. The zero-order valence-corrected chi connectivity index (χ0v) is 13.3. The predicted molar refractivity (Wildman–Crippen MR) is 82.1 cm³/mol. The number of amides is 1. The molecule has 1 unspecified atom stereocenters. The van der Waals surface area contributed by atoms with E-state index in [1.807, 2.05) is 6.92 Å². The van der Waals surface area contributed by atoms with Gasteiger partial charge >= 0.3 is 0 Å². The topological polar surface area (TPSA) is 77.2 Å². The molecular formula is C14H25N3O2S. The van der Waals surface area contributed by atoms with Crippen LogP contribution in [0.1, 0.15) is 42.7 Å². The van der Waals surface area contributed by atoms with Gasteiger partial charge in [-0.1, -0.05) is 13.8 Å². The lowest BCUT2D eigenvalue weighted by atomic mass is 10.0. The highest BCUT2D eigenvalue weighted by molar-refractivity contribution is 7.09. The molecule has 0 radical (unpaired) electrons. The maximum Gasteiger partial charge on any atom is 0.270 e. The molecule has 20 heavy (non-hydrogen) atoms. The van der Waals surface area contributed by atoms with Gasteiger partial charge in [-0.15, -0.1) is 11.3 Å². The molecule has 0 saturated carbocycles. The van der Waals surface area contributed by atoms with Gasteiger partial charge in [-0.2, -0.15) is 0 Å². The van der Waals surface area contributed by atoms with Crippen LogP contribution < -0.4 is 11.1 Å². The molecule has 0 aliphatic rings. The molecule has 1 amide bonds. The van der Waals surface area contributed by atoms with Crippen molar-refractivity contribution in [1.82, 2.24) is 10.3 Å². The van der Waals surface area contributed by atoms with Gasteiger partial charge in [0.05, 0.1) is 11.1 Å². The molecule has 1 aromatic heterocycles. The maximum atomic E-state index is 11.9. The summed E-state index contributed by atoms with van der Waals surface area (Å²) < 4.78 is 5.65. The average Bonchev–Trinajstić information content (AvgIpc) is 2.86. The fourth-order valence-electron chi connectivity index (χ4n) is 1.90. The lowest BCUT2D eigenvalue weighted by Crippen LogP contribution is -2.30. The number of ether oxygens (including phenoxy) is 1. The van der Waals surface area contributed by atoms with Crippen LogP contribution in [-0.2, 0) is 11.2 Å². The quantitative estimate of drug-likeness (QED) is 0.729. The number of rotatable bonds is 9. The van der Waals surface area contributed by atoms with Crippen LogP contribution in [0.5, 0.6) is 0 Å². The summed E-state index contributed by atoms with van der Waals surface area (Å²) in [6.45, 7) is 8.10. The molecule has 1 heterocycles. The smallest absolute Gasteiger partial charge is 0.270 e. The highest BCUT2D eigenvalue weighted by Gasteiger charge is 2.15. The minimum atomic E-state index is -0.122. The zero-order valence-electron chi connectivity index (χ0n) is 12.5. The van der Waals surface area contributed by atoms with E-state index >= 15 is 0 Å². The number of carbonyl (C=O) groups is 1. The Balaban J connectivity index is 2.38.